The molecule has 7 heteroatoms. The summed E-state index contributed by atoms with van der Waals surface area (Å²) in [5.41, 5.74) is 3.70. The van der Waals surface area contributed by atoms with Gasteiger partial charge in [-0.2, -0.15) is 0 Å². The molecule has 7 atom stereocenters. The van der Waals surface area contributed by atoms with Crippen molar-refractivity contribution < 1.29 is 33.5 Å². The molecule has 0 spiro atoms. The van der Waals surface area contributed by atoms with E-state index in [1.807, 2.05) is 6.07 Å². The maximum atomic E-state index is 11.0. The Bertz CT molecular complexity index is 1260. The van der Waals surface area contributed by atoms with Gasteiger partial charge in [0.1, 0.15) is 38.1 Å². The Kier molecular flexibility index (Phi) is 10.0. The minimum Gasteiger partial charge on any atom is -0.504 e. The number of aromatic hydroxyl groups is 1. The van der Waals surface area contributed by atoms with Gasteiger partial charge in [0.05, 0.1) is 19.8 Å². The quantitative estimate of drug-likeness (QED) is 0.191. The maximum absolute atomic E-state index is 11.0. The van der Waals surface area contributed by atoms with E-state index in [4.69, 9.17) is 28.4 Å². The molecule has 1 aromatic rings. The molecule has 3 fully saturated rings. The molecular weight excluding hydrogens is 556 g/mol. The Labute approximate surface area is 262 Å². The number of phenols is 1. The second-order valence-corrected chi connectivity index (χ2v) is 13.3. The molecular formula is C37H50O7. The van der Waals surface area contributed by atoms with Gasteiger partial charge in [0.25, 0.3) is 0 Å². The first-order valence-corrected chi connectivity index (χ1v) is 16.8. The van der Waals surface area contributed by atoms with Gasteiger partial charge < -0.3 is 33.5 Å². The number of allylic oxidation sites excluding steroid dienone is 6. The molecule has 0 saturated carbocycles. The summed E-state index contributed by atoms with van der Waals surface area (Å²) < 4.78 is 35.2. The van der Waals surface area contributed by atoms with Gasteiger partial charge in [0.2, 0.25) is 0 Å². The van der Waals surface area contributed by atoms with Crippen molar-refractivity contribution in [1.82, 2.24) is 0 Å². The third kappa shape index (κ3) is 7.91. The van der Waals surface area contributed by atoms with Crippen molar-refractivity contribution in [1.29, 1.82) is 0 Å². The Morgan fingerprint density at radius 1 is 0.864 bits per heavy atom. The van der Waals surface area contributed by atoms with Crippen molar-refractivity contribution >= 4 is 0 Å². The van der Waals surface area contributed by atoms with E-state index in [0.29, 0.717) is 44.0 Å². The van der Waals surface area contributed by atoms with Gasteiger partial charge in [0, 0.05) is 5.92 Å². The average molecular weight is 607 g/mol. The normalized spacial score (nSPS) is 29.4. The van der Waals surface area contributed by atoms with E-state index in [1.54, 1.807) is 0 Å². The van der Waals surface area contributed by atoms with Gasteiger partial charge in [0.15, 0.2) is 23.0 Å². The first-order valence-electron chi connectivity index (χ1n) is 16.8. The van der Waals surface area contributed by atoms with Crippen LogP contribution in [0.4, 0.5) is 0 Å². The summed E-state index contributed by atoms with van der Waals surface area (Å²) in [7, 11) is 0. The van der Waals surface area contributed by atoms with Crippen LogP contribution in [0.1, 0.15) is 70.4 Å². The standard InChI is InChI=1S/C37H50O7/c1-5-7-26-13-33(38)34(42-20-28-17-39-28)15-31(26)37(25-11-9-24(10-12-25)23(3)4)32-16-36(44-22-30-19-41-30)35(14-27(32)8-6-2)43-21-29-18-40-29/h9,11-16,23-24,27-30,32,37-38H,5-8,10,17-22H2,1-4H3. The molecule has 1 N–H and O–H groups in total. The van der Waals surface area contributed by atoms with Gasteiger partial charge in [-0.3, -0.25) is 0 Å². The predicted molar refractivity (Wildman–Crippen MR) is 170 cm³/mol. The highest BCUT2D eigenvalue weighted by Gasteiger charge is 2.38. The van der Waals surface area contributed by atoms with E-state index in [1.165, 1.54) is 16.7 Å². The summed E-state index contributed by atoms with van der Waals surface area (Å²) in [4.78, 5) is 0. The summed E-state index contributed by atoms with van der Waals surface area (Å²) in [5.74, 6) is 3.87. The molecule has 0 bridgehead atoms. The monoisotopic (exact) mass is 606 g/mol. The number of epoxide rings is 3. The highest BCUT2D eigenvalue weighted by atomic mass is 16.6. The average Bonchev–Trinajstić information content (AvgIpc) is 3.86. The van der Waals surface area contributed by atoms with Crippen LogP contribution in [-0.4, -0.2) is 63.1 Å². The van der Waals surface area contributed by atoms with Crippen molar-refractivity contribution in [2.75, 3.05) is 39.6 Å². The number of phenolic OH excluding ortho intramolecular Hbond substituents is 1. The SMILES string of the molecule is CCCc1cc(O)c(OCC2CO2)cc1C(C1=CCC(C(C)C)C=C1)C1C=C(OCC2CO2)C(OCC2CO2)=CC1CCC. The van der Waals surface area contributed by atoms with Crippen molar-refractivity contribution in [3.8, 4) is 11.5 Å². The molecule has 7 nitrogen and oxygen atoms in total. The Balaban J connectivity index is 1.42. The third-order valence-electron chi connectivity index (χ3n) is 9.39. The van der Waals surface area contributed by atoms with E-state index >= 15 is 0 Å². The van der Waals surface area contributed by atoms with E-state index in [2.05, 4.69) is 64.1 Å². The number of aryl methyl sites for hydroxylation is 1. The van der Waals surface area contributed by atoms with E-state index in [-0.39, 0.29) is 41.8 Å². The number of rotatable bonds is 17. The van der Waals surface area contributed by atoms with Gasteiger partial charge in [-0.1, -0.05) is 58.8 Å². The summed E-state index contributed by atoms with van der Waals surface area (Å²) in [5, 5.41) is 11.0. The number of benzene rings is 1. The molecule has 240 valence electrons. The second-order valence-electron chi connectivity index (χ2n) is 13.3. The van der Waals surface area contributed by atoms with Gasteiger partial charge in [-0.05, 0) is 83.9 Å². The molecule has 1 aromatic carbocycles. The van der Waals surface area contributed by atoms with E-state index in [0.717, 1.165) is 56.8 Å². The zero-order valence-corrected chi connectivity index (χ0v) is 26.8. The van der Waals surface area contributed by atoms with Gasteiger partial charge in [-0.25, -0.2) is 0 Å². The zero-order valence-electron chi connectivity index (χ0n) is 26.8. The van der Waals surface area contributed by atoms with Crippen LogP contribution in [0, 0.1) is 23.7 Å². The minimum absolute atomic E-state index is 0.0536. The van der Waals surface area contributed by atoms with Gasteiger partial charge in [-0.15, -0.1) is 0 Å². The molecule has 7 unspecified atom stereocenters. The molecule has 3 heterocycles. The van der Waals surface area contributed by atoms with Crippen LogP contribution < -0.4 is 4.74 Å². The smallest absolute Gasteiger partial charge is 0.161 e. The number of hydrogen-bond acceptors (Lipinski definition) is 7. The number of ether oxygens (including phenoxy) is 6. The van der Waals surface area contributed by atoms with Crippen molar-refractivity contribution in [2.24, 2.45) is 23.7 Å². The van der Waals surface area contributed by atoms with Crippen LogP contribution >= 0.6 is 0 Å². The third-order valence-corrected chi connectivity index (χ3v) is 9.39. The molecule has 3 saturated heterocycles. The topological polar surface area (TPSA) is 85.5 Å². The molecule has 6 rings (SSSR count). The maximum Gasteiger partial charge on any atom is 0.161 e. The molecule has 0 aromatic heterocycles. The minimum atomic E-state index is 0.0536. The molecule has 5 aliphatic rings. The summed E-state index contributed by atoms with van der Waals surface area (Å²) in [6, 6.07) is 4.04. The summed E-state index contributed by atoms with van der Waals surface area (Å²) >= 11 is 0. The molecule has 44 heavy (non-hydrogen) atoms. The lowest BCUT2D eigenvalue weighted by molar-refractivity contribution is 0.121. The van der Waals surface area contributed by atoms with Crippen LogP contribution in [0.15, 0.2) is 59.6 Å². The second kappa shape index (κ2) is 14.1. The molecule has 2 aliphatic carbocycles. The first-order chi connectivity index (χ1) is 21.4. The fraction of sp³-hybridized carbons (Fsp3) is 0.622. The Morgan fingerprint density at radius 2 is 1.50 bits per heavy atom. The van der Waals surface area contributed by atoms with Crippen LogP contribution in [0.25, 0.3) is 0 Å². The predicted octanol–water partition coefficient (Wildman–Crippen LogP) is 7.01. The first kappa shape index (κ1) is 31.3. The van der Waals surface area contributed by atoms with Crippen molar-refractivity contribution in [2.45, 2.75) is 84.0 Å². The lowest BCUT2D eigenvalue weighted by atomic mass is 9.68. The van der Waals surface area contributed by atoms with Crippen LogP contribution in [0.5, 0.6) is 11.5 Å². The van der Waals surface area contributed by atoms with Crippen LogP contribution in [0.3, 0.4) is 0 Å². The highest BCUT2D eigenvalue weighted by Crippen LogP contribution is 2.48. The summed E-state index contributed by atoms with van der Waals surface area (Å²) in [6.45, 7) is 12.7. The van der Waals surface area contributed by atoms with E-state index < -0.39 is 0 Å². The highest BCUT2D eigenvalue weighted by molar-refractivity contribution is 5.52. The Morgan fingerprint density at radius 3 is 2.05 bits per heavy atom. The van der Waals surface area contributed by atoms with Crippen molar-refractivity contribution in [3.63, 3.8) is 0 Å². The zero-order chi connectivity index (χ0) is 30.6. The fourth-order valence-electron chi connectivity index (χ4n) is 6.51. The fourth-order valence-corrected chi connectivity index (χ4v) is 6.51. The van der Waals surface area contributed by atoms with Crippen LogP contribution in [-0.2, 0) is 30.1 Å². The molecule has 3 aliphatic heterocycles. The molecule has 0 amide bonds. The van der Waals surface area contributed by atoms with Crippen molar-refractivity contribution in [3.05, 3.63) is 70.7 Å². The number of hydrogen-bond donors (Lipinski definition) is 1. The Hall–Kier alpha value is -2.74. The van der Waals surface area contributed by atoms with Gasteiger partial charge >= 0.3 is 0 Å². The largest absolute Gasteiger partial charge is 0.504 e. The lowest BCUT2D eigenvalue weighted by Crippen LogP contribution is -2.27. The summed E-state index contributed by atoms with van der Waals surface area (Å²) in [6.07, 6.45) is 17.2. The van der Waals surface area contributed by atoms with E-state index in [9.17, 15) is 5.11 Å². The lowest BCUT2D eigenvalue weighted by Gasteiger charge is -2.37. The molecule has 0 radical (unpaired) electrons. The van der Waals surface area contributed by atoms with Crippen LogP contribution in [0.2, 0.25) is 0 Å².